The van der Waals surface area contributed by atoms with Gasteiger partial charge in [-0.3, -0.25) is 0 Å². The molecular formula is C13H21N5S. The summed E-state index contributed by atoms with van der Waals surface area (Å²) in [6.45, 7) is 9.99. The minimum Gasteiger partial charge on any atom is -0.305 e. The van der Waals surface area contributed by atoms with Crippen LogP contribution < -0.4 is 5.32 Å². The summed E-state index contributed by atoms with van der Waals surface area (Å²) in [6, 6.07) is 0. The average Bonchev–Trinajstić information content (AvgIpc) is 2.96. The number of nitrogens with zero attached hydrogens (tertiary/aromatic N) is 4. The van der Waals surface area contributed by atoms with Gasteiger partial charge in [0.15, 0.2) is 0 Å². The predicted molar refractivity (Wildman–Crippen MR) is 77.1 cm³/mol. The number of thiazole rings is 1. The van der Waals surface area contributed by atoms with Crippen LogP contribution in [0, 0.1) is 0 Å². The molecule has 0 atom stereocenters. The lowest BCUT2D eigenvalue weighted by molar-refractivity contribution is 0.347. The van der Waals surface area contributed by atoms with Crippen LogP contribution in [-0.4, -0.2) is 20.0 Å². The van der Waals surface area contributed by atoms with Crippen LogP contribution in [0.2, 0.25) is 0 Å². The number of aryl methyl sites for hydroxylation is 1. The lowest BCUT2D eigenvalue weighted by Gasteiger charge is -2.17. The van der Waals surface area contributed by atoms with E-state index in [4.69, 9.17) is 0 Å². The van der Waals surface area contributed by atoms with E-state index in [1.54, 1.807) is 11.3 Å². The Morgan fingerprint density at radius 2 is 2.11 bits per heavy atom. The maximum atomic E-state index is 4.38. The van der Waals surface area contributed by atoms with Crippen molar-refractivity contribution in [3.63, 3.8) is 0 Å². The topological polar surface area (TPSA) is 55.6 Å². The normalized spacial score (nSPS) is 12.0. The quantitative estimate of drug-likeness (QED) is 0.912. The highest BCUT2D eigenvalue weighted by Gasteiger charge is 2.14. The third-order valence-electron chi connectivity index (χ3n) is 2.76. The molecular weight excluding hydrogens is 258 g/mol. The van der Waals surface area contributed by atoms with E-state index >= 15 is 0 Å². The molecule has 0 aliphatic rings. The van der Waals surface area contributed by atoms with Crippen molar-refractivity contribution >= 4 is 11.3 Å². The van der Waals surface area contributed by atoms with Crippen molar-refractivity contribution in [3.05, 3.63) is 28.0 Å². The first-order chi connectivity index (χ1) is 8.99. The minimum atomic E-state index is -0.0173. The van der Waals surface area contributed by atoms with E-state index in [1.165, 1.54) is 4.88 Å². The summed E-state index contributed by atoms with van der Waals surface area (Å²) < 4.78 is 1.89. The summed E-state index contributed by atoms with van der Waals surface area (Å²) >= 11 is 1.76. The Morgan fingerprint density at radius 3 is 2.68 bits per heavy atom. The molecule has 0 aliphatic heterocycles. The van der Waals surface area contributed by atoms with Gasteiger partial charge < -0.3 is 5.32 Å². The van der Waals surface area contributed by atoms with Gasteiger partial charge in [0.1, 0.15) is 5.01 Å². The Hall–Kier alpha value is -1.27. The maximum absolute atomic E-state index is 4.38. The lowest BCUT2D eigenvalue weighted by Crippen LogP contribution is -2.22. The van der Waals surface area contributed by atoms with Gasteiger partial charge in [-0.2, -0.15) is 0 Å². The SMILES string of the molecule is CCc1cnc(CNCc2cn(C(C)(C)C)nn2)s1. The van der Waals surface area contributed by atoms with E-state index in [0.717, 1.165) is 30.2 Å². The second-order valence-electron chi connectivity index (χ2n) is 5.50. The summed E-state index contributed by atoms with van der Waals surface area (Å²) in [4.78, 5) is 5.71. The van der Waals surface area contributed by atoms with Crippen LogP contribution in [0.15, 0.2) is 12.4 Å². The van der Waals surface area contributed by atoms with Gasteiger partial charge in [-0.15, -0.1) is 16.4 Å². The molecule has 2 heterocycles. The Kier molecular flexibility index (Phi) is 4.31. The van der Waals surface area contributed by atoms with Gasteiger partial charge in [-0.25, -0.2) is 9.67 Å². The van der Waals surface area contributed by atoms with Crippen molar-refractivity contribution in [2.75, 3.05) is 0 Å². The van der Waals surface area contributed by atoms with Gasteiger partial charge >= 0.3 is 0 Å². The lowest BCUT2D eigenvalue weighted by atomic mass is 10.1. The highest BCUT2D eigenvalue weighted by atomic mass is 32.1. The highest BCUT2D eigenvalue weighted by molar-refractivity contribution is 7.11. The zero-order chi connectivity index (χ0) is 13.9. The van der Waals surface area contributed by atoms with Gasteiger partial charge in [0.05, 0.1) is 17.4 Å². The van der Waals surface area contributed by atoms with Gasteiger partial charge in [0, 0.05) is 24.2 Å². The molecule has 2 rings (SSSR count). The van der Waals surface area contributed by atoms with Crippen LogP contribution in [-0.2, 0) is 25.0 Å². The van der Waals surface area contributed by atoms with Crippen molar-refractivity contribution in [3.8, 4) is 0 Å². The molecule has 0 spiro atoms. The van der Waals surface area contributed by atoms with Gasteiger partial charge in [0.2, 0.25) is 0 Å². The predicted octanol–water partition coefficient (Wildman–Crippen LogP) is 2.34. The molecule has 0 aliphatic carbocycles. The first-order valence-electron chi connectivity index (χ1n) is 6.55. The first-order valence-corrected chi connectivity index (χ1v) is 7.36. The van der Waals surface area contributed by atoms with Crippen molar-refractivity contribution in [1.82, 2.24) is 25.3 Å². The fourth-order valence-corrected chi connectivity index (χ4v) is 2.43. The summed E-state index contributed by atoms with van der Waals surface area (Å²) in [5.74, 6) is 0. The van der Waals surface area contributed by atoms with E-state index in [0.29, 0.717) is 0 Å². The Morgan fingerprint density at radius 1 is 1.32 bits per heavy atom. The van der Waals surface area contributed by atoms with Crippen LogP contribution in [0.4, 0.5) is 0 Å². The number of nitrogens with one attached hydrogen (secondary N) is 1. The van der Waals surface area contributed by atoms with E-state index in [9.17, 15) is 0 Å². The van der Waals surface area contributed by atoms with Crippen LogP contribution in [0.1, 0.15) is 43.3 Å². The summed E-state index contributed by atoms with van der Waals surface area (Å²) in [5.41, 5.74) is 0.943. The number of hydrogen-bond acceptors (Lipinski definition) is 5. The zero-order valence-electron chi connectivity index (χ0n) is 12.0. The third kappa shape index (κ3) is 3.84. The molecule has 0 aromatic carbocycles. The van der Waals surface area contributed by atoms with E-state index in [-0.39, 0.29) is 5.54 Å². The van der Waals surface area contributed by atoms with Gasteiger partial charge in [-0.1, -0.05) is 12.1 Å². The van der Waals surface area contributed by atoms with Crippen molar-refractivity contribution in [2.24, 2.45) is 0 Å². The highest BCUT2D eigenvalue weighted by Crippen LogP contribution is 2.14. The Balaban J connectivity index is 1.84. The number of rotatable bonds is 5. The van der Waals surface area contributed by atoms with Crippen LogP contribution in [0.3, 0.4) is 0 Å². The summed E-state index contributed by atoms with van der Waals surface area (Å²) in [6.07, 6.45) is 5.00. The largest absolute Gasteiger partial charge is 0.305 e. The fourth-order valence-electron chi connectivity index (χ4n) is 1.60. The molecule has 6 heteroatoms. The molecule has 0 unspecified atom stereocenters. The number of aromatic nitrogens is 4. The monoisotopic (exact) mass is 279 g/mol. The van der Waals surface area contributed by atoms with E-state index < -0.39 is 0 Å². The zero-order valence-corrected chi connectivity index (χ0v) is 12.8. The Labute approximate surface area is 118 Å². The molecule has 2 aromatic rings. The molecule has 0 bridgehead atoms. The standard InChI is InChI=1S/C13H21N5S/c1-5-11-7-15-12(19-11)8-14-6-10-9-18(17-16-10)13(2,3)4/h7,9,14H,5-6,8H2,1-4H3. The van der Waals surface area contributed by atoms with Crippen LogP contribution in [0.5, 0.6) is 0 Å². The van der Waals surface area contributed by atoms with Crippen molar-refractivity contribution in [2.45, 2.75) is 52.7 Å². The molecule has 104 valence electrons. The molecule has 0 saturated carbocycles. The van der Waals surface area contributed by atoms with Crippen LogP contribution in [0.25, 0.3) is 0 Å². The Bertz CT molecular complexity index is 523. The molecule has 0 radical (unpaired) electrons. The summed E-state index contributed by atoms with van der Waals surface area (Å²) in [7, 11) is 0. The van der Waals surface area contributed by atoms with E-state index in [2.05, 4.69) is 48.3 Å². The molecule has 0 fully saturated rings. The van der Waals surface area contributed by atoms with Crippen molar-refractivity contribution < 1.29 is 0 Å². The van der Waals surface area contributed by atoms with E-state index in [1.807, 2.05) is 17.1 Å². The minimum absolute atomic E-state index is 0.0173. The average molecular weight is 279 g/mol. The third-order valence-corrected chi connectivity index (χ3v) is 3.90. The second-order valence-corrected chi connectivity index (χ2v) is 6.70. The molecule has 2 aromatic heterocycles. The van der Waals surface area contributed by atoms with Gasteiger partial charge in [0.25, 0.3) is 0 Å². The molecule has 1 N–H and O–H groups in total. The maximum Gasteiger partial charge on any atom is 0.107 e. The first kappa shape index (κ1) is 14.1. The molecule has 19 heavy (non-hydrogen) atoms. The van der Waals surface area contributed by atoms with Gasteiger partial charge in [-0.05, 0) is 27.2 Å². The van der Waals surface area contributed by atoms with Crippen LogP contribution >= 0.6 is 11.3 Å². The summed E-state index contributed by atoms with van der Waals surface area (Å²) in [5, 5.41) is 12.8. The molecule has 5 nitrogen and oxygen atoms in total. The number of hydrogen-bond donors (Lipinski definition) is 1. The smallest absolute Gasteiger partial charge is 0.107 e. The molecule has 0 amide bonds. The van der Waals surface area contributed by atoms with Crippen molar-refractivity contribution in [1.29, 1.82) is 0 Å². The molecule has 0 saturated heterocycles. The second kappa shape index (κ2) is 5.79. The fraction of sp³-hybridized carbons (Fsp3) is 0.615.